The molecular weight excluding hydrogens is 484 g/mol. The third kappa shape index (κ3) is 14.9. The fraction of sp³-hybridized carbons (Fsp3) is 0.771. The lowest BCUT2D eigenvalue weighted by Gasteiger charge is -2.30. The molecule has 0 fully saturated rings. The molecule has 224 valence electrons. The molecule has 1 rings (SSSR count). The maximum Gasteiger partial charge on any atom is 0.336 e. The molecular formula is C35H60O4. The Morgan fingerprint density at radius 1 is 0.564 bits per heavy atom. The first kappa shape index (κ1) is 35.2. The number of carbonyl (C=O) groups is 2. The summed E-state index contributed by atoms with van der Waals surface area (Å²) in [5.74, 6) is -1.74. The van der Waals surface area contributed by atoms with Crippen molar-refractivity contribution < 1.29 is 19.8 Å². The molecule has 39 heavy (non-hydrogen) atoms. The monoisotopic (exact) mass is 544 g/mol. The van der Waals surface area contributed by atoms with Crippen LogP contribution in [0.1, 0.15) is 194 Å². The van der Waals surface area contributed by atoms with Crippen LogP contribution in [0.2, 0.25) is 0 Å². The minimum atomic E-state index is -1.15. The highest BCUT2D eigenvalue weighted by Crippen LogP contribution is 2.39. The van der Waals surface area contributed by atoms with Gasteiger partial charge in [-0.25, -0.2) is 9.59 Å². The maximum absolute atomic E-state index is 12.4. The van der Waals surface area contributed by atoms with Crippen LogP contribution < -0.4 is 0 Å². The van der Waals surface area contributed by atoms with Gasteiger partial charge in [0, 0.05) is 0 Å². The third-order valence-electron chi connectivity index (χ3n) is 8.49. The summed E-state index contributed by atoms with van der Waals surface area (Å²) in [5.41, 5.74) is 0.713. The van der Waals surface area contributed by atoms with Crippen LogP contribution >= 0.6 is 0 Å². The molecule has 0 aliphatic heterocycles. The second-order valence-corrected chi connectivity index (χ2v) is 11.8. The molecule has 0 radical (unpaired) electrons. The Kier molecular flexibility index (Phi) is 20.7. The van der Waals surface area contributed by atoms with Crippen molar-refractivity contribution in [2.45, 2.75) is 168 Å². The molecule has 0 aromatic heterocycles. The molecule has 0 bridgehead atoms. The zero-order valence-corrected chi connectivity index (χ0v) is 25.7. The zero-order chi connectivity index (χ0) is 28.7. The van der Waals surface area contributed by atoms with Gasteiger partial charge in [0.15, 0.2) is 0 Å². The fourth-order valence-corrected chi connectivity index (χ4v) is 6.18. The fourth-order valence-electron chi connectivity index (χ4n) is 6.18. The van der Waals surface area contributed by atoms with Crippen LogP contribution in [0.4, 0.5) is 0 Å². The minimum Gasteiger partial charge on any atom is -0.478 e. The number of carboxylic acids is 2. The second kappa shape index (κ2) is 22.9. The topological polar surface area (TPSA) is 74.6 Å². The van der Waals surface area contributed by atoms with E-state index in [0.29, 0.717) is 5.92 Å². The van der Waals surface area contributed by atoms with Crippen LogP contribution in [0, 0.1) is 5.92 Å². The molecule has 2 unspecified atom stereocenters. The summed E-state index contributed by atoms with van der Waals surface area (Å²) in [7, 11) is 0. The van der Waals surface area contributed by atoms with Crippen LogP contribution in [0.15, 0.2) is 18.2 Å². The van der Waals surface area contributed by atoms with E-state index in [9.17, 15) is 19.8 Å². The lowest BCUT2D eigenvalue weighted by Crippen LogP contribution is -2.20. The Morgan fingerprint density at radius 2 is 0.974 bits per heavy atom. The molecule has 1 aromatic rings. The molecule has 0 spiro atoms. The van der Waals surface area contributed by atoms with Crippen LogP contribution in [0.5, 0.6) is 0 Å². The molecule has 0 aliphatic carbocycles. The Hall–Kier alpha value is -1.84. The summed E-state index contributed by atoms with van der Waals surface area (Å²) in [6, 6.07) is 5.13. The van der Waals surface area contributed by atoms with E-state index >= 15 is 0 Å². The summed E-state index contributed by atoms with van der Waals surface area (Å²) < 4.78 is 0. The SMILES string of the molecule is CCCCCCCCCCC(c1cccc(C(=O)O)c1C(=O)O)C(CCCCCCC)CCCCCCCC. The van der Waals surface area contributed by atoms with Gasteiger partial charge in [-0.05, 0) is 42.7 Å². The lowest BCUT2D eigenvalue weighted by molar-refractivity contribution is 0.0649. The van der Waals surface area contributed by atoms with Gasteiger partial charge in [-0.3, -0.25) is 0 Å². The number of unbranched alkanes of at least 4 members (excludes halogenated alkanes) is 16. The molecule has 0 heterocycles. The van der Waals surface area contributed by atoms with Gasteiger partial charge in [-0.1, -0.05) is 155 Å². The largest absolute Gasteiger partial charge is 0.478 e. The van der Waals surface area contributed by atoms with E-state index in [2.05, 4.69) is 20.8 Å². The van der Waals surface area contributed by atoms with Gasteiger partial charge in [0.2, 0.25) is 0 Å². The van der Waals surface area contributed by atoms with Crippen LogP contribution in [0.3, 0.4) is 0 Å². The van der Waals surface area contributed by atoms with E-state index in [1.54, 1.807) is 6.07 Å². The summed E-state index contributed by atoms with van der Waals surface area (Å²) in [6.07, 6.45) is 26.8. The third-order valence-corrected chi connectivity index (χ3v) is 8.49. The number of hydrogen-bond donors (Lipinski definition) is 2. The first-order chi connectivity index (χ1) is 19.0. The van der Waals surface area contributed by atoms with Gasteiger partial charge in [-0.15, -0.1) is 0 Å². The van der Waals surface area contributed by atoms with E-state index < -0.39 is 11.9 Å². The lowest BCUT2D eigenvalue weighted by atomic mass is 9.75. The molecule has 4 nitrogen and oxygen atoms in total. The summed E-state index contributed by atoms with van der Waals surface area (Å²) in [6.45, 7) is 6.73. The summed E-state index contributed by atoms with van der Waals surface area (Å²) in [5, 5.41) is 19.9. The van der Waals surface area contributed by atoms with Crippen LogP contribution in [-0.4, -0.2) is 22.2 Å². The molecule has 0 saturated carbocycles. The normalized spacial score (nSPS) is 12.9. The average Bonchev–Trinajstić information content (AvgIpc) is 2.92. The Balaban J connectivity index is 3.10. The molecule has 2 atom stereocenters. The van der Waals surface area contributed by atoms with Crippen molar-refractivity contribution in [2.24, 2.45) is 5.92 Å². The standard InChI is InChI=1S/C35H60O4/c1-4-7-10-13-15-16-19-22-26-30(31-27-23-28-32(34(36)37)33(31)35(38)39)29(24-20-17-12-9-6-3)25-21-18-14-11-8-5-2/h23,27-30H,4-22,24-26H2,1-3H3,(H,36,37)(H,38,39). The van der Waals surface area contributed by atoms with E-state index in [1.807, 2.05) is 6.07 Å². The Labute approximate surface area is 240 Å². The quantitative estimate of drug-likeness (QED) is 0.114. The molecule has 0 amide bonds. The summed E-state index contributed by atoms with van der Waals surface area (Å²) >= 11 is 0. The number of carboxylic acid groups (broad SMARTS) is 2. The number of aromatic carboxylic acids is 2. The molecule has 1 aromatic carbocycles. The predicted octanol–water partition coefficient (Wildman–Crippen LogP) is 11.4. The molecule has 4 heteroatoms. The Morgan fingerprint density at radius 3 is 1.38 bits per heavy atom. The van der Waals surface area contributed by atoms with E-state index in [-0.39, 0.29) is 17.0 Å². The van der Waals surface area contributed by atoms with E-state index in [4.69, 9.17) is 0 Å². The van der Waals surface area contributed by atoms with Crippen LogP contribution in [0.25, 0.3) is 0 Å². The highest BCUT2D eigenvalue weighted by molar-refractivity contribution is 6.02. The van der Waals surface area contributed by atoms with Gasteiger partial charge in [0.25, 0.3) is 0 Å². The van der Waals surface area contributed by atoms with Crippen LogP contribution in [-0.2, 0) is 0 Å². The van der Waals surface area contributed by atoms with Crippen molar-refractivity contribution in [1.82, 2.24) is 0 Å². The number of hydrogen-bond acceptors (Lipinski definition) is 2. The molecule has 0 aliphatic rings. The molecule has 0 saturated heterocycles. The summed E-state index contributed by atoms with van der Waals surface area (Å²) in [4.78, 5) is 24.4. The maximum atomic E-state index is 12.4. The van der Waals surface area contributed by atoms with Crippen molar-refractivity contribution in [3.63, 3.8) is 0 Å². The van der Waals surface area contributed by atoms with E-state index in [0.717, 1.165) is 31.2 Å². The van der Waals surface area contributed by atoms with Gasteiger partial charge < -0.3 is 10.2 Å². The highest BCUT2D eigenvalue weighted by Gasteiger charge is 2.29. The first-order valence-electron chi connectivity index (χ1n) is 16.6. The van der Waals surface area contributed by atoms with Gasteiger partial charge >= 0.3 is 11.9 Å². The molecule has 2 N–H and O–H groups in total. The van der Waals surface area contributed by atoms with Crippen molar-refractivity contribution >= 4 is 11.9 Å². The minimum absolute atomic E-state index is 0.0218. The average molecular weight is 545 g/mol. The zero-order valence-electron chi connectivity index (χ0n) is 25.7. The number of rotatable bonds is 26. The predicted molar refractivity (Wildman–Crippen MR) is 165 cm³/mol. The van der Waals surface area contributed by atoms with Gasteiger partial charge in [0.1, 0.15) is 0 Å². The Bertz CT molecular complexity index is 772. The smallest absolute Gasteiger partial charge is 0.336 e. The van der Waals surface area contributed by atoms with Crippen molar-refractivity contribution in [2.75, 3.05) is 0 Å². The van der Waals surface area contributed by atoms with Gasteiger partial charge in [-0.2, -0.15) is 0 Å². The van der Waals surface area contributed by atoms with E-state index in [1.165, 1.54) is 122 Å². The van der Waals surface area contributed by atoms with Crippen molar-refractivity contribution in [3.8, 4) is 0 Å². The number of benzene rings is 1. The van der Waals surface area contributed by atoms with Crippen molar-refractivity contribution in [3.05, 3.63) is 34.9 Å². The second-order valence-electron chi connectivity index (χ2n) is 11.8. The highest BCUT2D eigenvalue weighted by atomic mass is 16.4. The first-order valence-corrected chi connectivity index (χ1v) is 16.6. The van der Waals surface area contributed by atoms with Gasteiger partial charge in [0.05, 0.1) is 11.1 Å². The van der Waals surface area contributed by atoms with Crippen molar-refractivity contribution in [1.29, 1.82) is 0 Å².